The molecule has 0 aromatic rings. The summed E-state index contributed by atoms with van der Waals surface area (Å²) in [6.45, 7) is 4.17. The van der Waals surface area contributed by atoms with Gasteiger partial charge in [-0.05, 0) is 32.4 Å². The summed E-state index contributed by atoms with van der Waals surface area (Å²) in [5, 5.41) is 3.34. The van der Waals surface area contributed by atoms with Crippen LogP contribution in [0.4, 0.5) is 0 Å². The molecule has 0 bridgehead atoms. The lowest BCUT2D eigenvalue weighted by atomic mass is 10.1. The molecule has 8 heavy (non-hydrogen) atoms. The molecule has 0 aromatic heterocycles. The van der Waals surface area contributed by atoms with Gasteiger partial charge in [-0.25, -0.2) is 0 Å². The Bertz CT molecular complexity index is 72.9. The first-order valence-electron chi connectivity index (χ1n) is 3.26. The summed E-state index contributed by atoms with van der Waals surface area (Å²) < 4.78 is 0. The fourth-order valence-electron chi connectivity index (χ4n) is 1.21. The second-order valence-corrected chi connectivity index (χ2v) is 2.65. The van der Waals surface area contributed by atoms with E-state index in [0.717, 1.165) is 19.0 Å². The quantitative estimate of drug-likeness (QED) is 0.501. The van der Waals surface area contributed by atoms with Crippen LogP contribution in [0.15, 0.2) is 0 Å². The van der Waals surface area contributed by atoms with Crippen LogP contribution in [0, 0.1) is 5.92 Å². The van der Waals surface area contributed by atoms with Gasteiger partial charge in [0.15, 0.2) is 0 Å². The van der Waals surface area contributed by atoms with Crippen molar-refractivity contribution >= 4 is 0 Å². The van der Waals surface area contributed by atoms with Crippen LogP contribution in [-0.2, 0) is 0 Å². The molecule has 0 aliphatic carbocycles. The summed E-state index contributed by atoms with van der Waals surface area (Å²) in [5.74, 6) is 0.741. The maximum absolute atomic E-state index is 5.46. The molecule has 1 aliphatic rings. The maximum atomic E-state index is 5.46. The molecule has 1 aliphatic heterocycles. The van der Waals surface area contributed by atoms with E-state index in [9.17, 15) is 0 Å². The first-order chi connectivity index (χ1) is 3.83. The summed E-state index contributed by atoms with van der Waals surface area (Å²) in [5.41, 5.74) is 5.46. The molecule has 0 radical (unpaired) electrons. The molecule has 1 saturated heterocycles. The molecule has 1 unspecified atom stereocenters. The van der Waals surface area contributed by atoms with E-state index in [0.29, 0.717) is 6.04 Å². The van der Waals surface area contributed by atoms with Crippen molar-refractivity contribution in [3.8, 4) is 0 Å². The van der Waals surface area contributed by atoms with Crippen LogP contribution in [0.3, 0.4) is 0 Å². The van der Waals surface area contributed by atoms with Crippen molar-refractivity contribution in [1.82, 2.24) is 5.32 Å². The molecule has 2 nitrogen and oxygen atoms in total. The van der Waals surface area contributed by atoms with Crippen LogP contribution >= 0.6 is 0 Å². The number of nitrogens with two attached hydrogens (primary N) is 1. The molecule has 1 heterocycles. The van der Waals surface area contributed by atoms with Gasteiger partial charge in [-0.2, -0.15) is 0 Å². The molecule has 0 amide bonds. The predicted molar refractivity (Wildman–Crippen MR) is 34.6 cm³/mol. The van der Waals surface area contributed by atoms with E-state index in [1.54, 1.807) is 0 Å². The van der Waals surface area contributed by atoms with Crippen molar-refractivity contribution in [2.45, 2.75) is 19.4 Å². The highest BCUT2D eigenvalue weighted by atomic mass is 14.9. The highest BCUT2D eigenvalue weighted by Crippen LogP contribution is 2.10. The summed E-state index contributed by atoms with van der Waals surface area (Å²) in [6, 6.07) is 0.698. The molecular formula is C6H14N2. The van der Waals surface area contributed by atoms with Crippen molar-refractivity contribution in [1.29, 1.82) is 0 Å². The Kier molecular flexibility index (Phi) is 1.86. The zero-order valence-electron chi connectivity index (χ0n) is 5.35. The van der Waals surface area contributed by atoms with Crippen LogP contribution in [0.5, 0.6) is 0 Å². The first kappa shape index (κ1) is 6.05. The van der Waals surface area contributed by atoms with Gasteiger partial charge in [0.1, 0.15) is 0 Å². The monoisotopic (exact) mass is 114 g/mol. The highest BCUT2D eigenvalue weighted by Gasteiger charge is 2.17. The zero-order valence-corrected chi connectivity index (χ0v) is 5.35. The van der Waals surface area contributed by atoms with Crippen molar-refractivity contribution in [3.63, 3.8) is 0 Å². The van der Waals surface area contributed by atoms with Gasteiger partial charge in [0.05, 0.1) is 0 Å². The van der Waals surface area contributed by atoms with E-state index in [1.807, 2.05) is 0 Å². The van der Waals surface area contributed by atoms with Gasteiger partial charge in [-0.1, -0.05) is 0 Å². The summed E-state index contributed by atoms with van der Waals surface area (Å²) >= 11 is 0. The number of rotatable bonds is 1. The molecule has 2 atom stereocenters. The molecule has 0 saturated carbocycles. The molecule has 2 heteroatoms. The normalized spacial score (nSPS) is 38.2. The molecule has 0 spiro atoms. The van der Waals surface area contributed by atoms with Crippen LogP contribution in [-0.4, -0.2) is 19.1 Å². The fraction of sp³-hybridized carbons (Fsp3) is 1.00. The Balaban J connectivity index is 2.22. The Hall–Kier alpha value is -0.0800. The predicted octanol–water partition coefficient (Wildman–Crippen LogP) is -0.0569. The third-order valence-corrected chi connectivity index (χ3v) is 1.78. The summed E-state index contributed by atoms with van der Waals surface area (Å²) in [6.07, 6.45) is 1.26. The van der Waals surface area contributed by atoms with Gasteiger partial charge in [0.2, 0.25) is 0 Å². The second-order valence-electron chi connectivity index (χ2n) is 2.65. The van der Waals surface area contributed by atoms with Crippen LogP contribution in [0.25, 0.3) is 0 Å². The minimum absolute atomic E-state index is 0.698. The van der Waals surface area contributed by atoms with E-state index in [4.69, 9.17) is 5.73 Å². The lowest BCUT2D eigenvalue weighted by Gasteiger charge is -2.00. The lowest BCUT2D eigenvalue weighted by Crippen LogP contribution is -2.18. The van der Waals surface area contributed by atoms with Gasteiger partial charge in [-0.3, -0.25) is 0 Å². The van der Waals surface area contributed by atoms with Crippen LogP contribution in [0.2, 0.25) is 0 Å². The molecule has 1 fully saturated rings. The summed E-state index contributed by atoms with van der Waals surface area (Å²) in [7, 11) is 0. The summed E-state index contributed by atoms with van der Waals surface area (Å²) in [4.78, 5) is 0. The third kappa shape index (κ3) is 1.20. The highest BCUT2D eigenvalue weighted by molar-refractivity contribution is 4.78. The van der Waals surface area contributed by atoms with Crippen LogP contribution in [0.1, 0.15) is 13.3 Å². The Morgan fingerprint density at radius 3 is 2.75 bits per heavy atom. The molecule has 3 N–H and O–H groups in total. The first-order valence-corrected chi connectivity index (χ1v) is 3.26. The minimum atomic E-state index is 0.698. The Morgan fingerprint density at radius 2 is 2.50 bits per heavy atom. The van der Waals surface area contributed by atoms with E-state index >= 15 is 0 Å². The Labute approximate surface area is 50.4 Å². The van der Waals surface area contributed by atoms with E-state index in [-0.39, 0.29) is 0 Å². The zero-order chi connectivity index (χ0) is 5.98. The maximum Gasteiger partial charge on any atom is 0.00424 e. The van der Waals surface area contributed by atoms with Crippen molar-refractivity contribution < 1.29 is 0 Å². The third-order valence-electron chi connectivity index (χ3n) is 1.78. The van der Waals surface area contributed by atoms with Gasteiger partial charge >= 0.3 is 0 Å². The average Bonchev–Trinajstić information content (AvgIpc) is 2.14. The van der Waals surface area contributed by atoms with Gasteiger partial charge in [-0.15, -0.1) is 0 Å². The van der Waals surface area contributed by atoms with Gasteiger partial charge in [0.25, 0.3) is 0 Å². The number of hydrogen-bond donors (Lipinski definition) is 2. The standard InChI is InChI=1S/C6H14N2/c1-5-2-6(3-7)4-8-5/h5-6,8H,2-4,7H2,1H3/t5?,6-/m1/s1. The molecule has 1 rings (SSSR count). The topological polar surface area (TPSA) is 38.0 Å². The lowest BCUT2D eigenvalue weighted by molar-refractivity contribution is 0.579. The molecular weight excluding hydrogens is 100 g/mol. The molecule has 0 aromatic carbocycles. The Morgan fingerprint density at radius 1 is 1.75 bits per heavy atom. The van der Waals surface area contributed by atoms with Crippen molar-refractivity contribution in [2.75, 3.05) is 13.1 Å². The number of hydrogen-bond acceptors (Lipinski definition) is 2. The SMILES string of the molecule is CC1C[C@H](CN)CN1. The van der Waals surface area contributed by atoms with Crippen LogP contribution < -0.4 is 11.1 Å². The average molecular weight is 114 g/mol. The van der Waals surface area contributed by atoms with Crippen molar-refractivity contribution in [2.24, 2.45) is 11.7 Å². The fourth-order valence-corrected chi connectivity index (χ4v) is 1.21. The van der Waals surface area contributed by atoms with E-state index in [1.165, 1.54) is 6.42 Å². The van der Waals surface area contributed by atoms with Gasteiger partial charge < -0.3 is 11.1 Å². The van der Waals surface area contributed by atoms with Crippen molar-refractivity contribution in [3.05, 3.63) is 0 Å². The second kappa shape index (κ2) is 2.46. The molecule has 48 valence electrons. The minimum Gasteiger partial charge on any atom is -0.330 e. The van der Waals surface area contributed by atoms with E-state index < -0.39 is 0 Å². The van der Waals surface area contributed by atoms with E-state index in [2.05, 4.69) is 12.2 Å². The smallest absolute Gasteiger partial charge is 0.00424 e. The van der Waals surface area contributed by atoms with Gasteiger partial charge in [0, 0.05) is 6.04 Å². The largest absolute Gasteiger partial charge is 0.330 e. The number of nitrogens with one attached hydrogen (secondary N) is 1.